The maximum atomic E-state index is 12.0. The molecule has 4 nitrogen and oxygen atoms in total. The predicted molar refractivity (Wildman–Crippen MR) is 58.4 cm³/mol. The summed E-state index contributed by atoms with van der Waals surface area (Å²) in [5.41, 5.74) is -0.555. The molecule has 0 spiro atoms. The fourth-order valence-corrected chi connectivity index (χ4v) is 1.96. The van der Waals surface area contributed by atoms with Crippen LogP contribution in [0.3, 0.4) is 0 Å². The van der Waals surface area contributed by atoms with E-state index in [1.54, 1.807) is 0 Å². The van der Waals surface area contributed by atoms with Crippen LogP contribution in [0.25, 0.3) is 0 Å². The predicted octanol–water partition coefficient (Wildman–Crippen LogP) is 1.22. The number of nitrogens with zero attached hydrogens (tertiary/aromatic N) is 1. The Morgan fingerprint density at radius 3 is 2.50 bits per heavy atom. The van der Waals surface area contributed by atoms with Crippen molar-refractivity contribution in [2.24, 2.45) is 10.8 Å². The molecule has 0 aromatic rings. The minimum absolute atomic E-state index is 0.105. The van der Waals surface area contributed by atoms with Crippen molar-refractivity contribution in [3.63, 3.8) is 0 Å². The summed E-state index contributed by atoms with van der Waals surface area (Å²) < 4.78 is 5.20. The molecular formula is C12H18N2O2. The van der Waals surface area contributed by atoms with Gasteiger partial charge in [-0.05, 0) is 31.1 Å². The third-order valence-corrected chi connectivity index (χ3v) is 3.77. The lowest BCUT2D eigenvalue weighted by Gasteiger charge is -2.29. The lowest BCUT2D eigenvalue weighted by atomic mass is 9.81. The van der Waals surface area contributed by atoms with Gasteiger partial charge in [0.2, 0.25) is 5.91 Å². The van der Waals surface area contributed by atoms with Crippen LogP contribution in [0.1, 0.15) is 32.6 Å². The first kappa shape index (κ1) is 11.4. The normalized spacial score (nSPS) is 25.5. The first-order valence-electron chi connectivity index (χ1n) is 5.88. The van der Waals surface area contributed by atoms with Crippen LogP contribution in [0.15, 0.2) is 0 Å². The molecule has 1 saturated carbocycles. The second-order valence-electron chi connectivity index (χ2n) is 5.30. The molecule has 1 heterocycles. The number of carbonyl (C=O) groups is 1. The molecule has 0 unspecified atom stereocenters. The van der Waals surface area contributed by atoms with Gasteiger partial charge >= 0.3 is 0 Å². The molecule has 1 N–H and O–H groups in total. The maximum Gasteiger partial charge on any atom is 0.240 e. The van der Waals surface area contributed by atoms with Gasteiger partial charge in [0.05, 0.1) is 6.07 Å². The van der Waals surface area contributed by atoms with Gasteiger partial charge in [-0.15, -0.1) is 0 Å². The van der Waals surface area contributed by atoms with E-state index in [9.17, 15) is 10.1 Å². The fraction of sp³-hybridized carbons (Fsp3) is 0.833. The van der Waals surface area contributed by atoms with E-state index in [1.807, 2.05) is 0 Å². The molecule has 0 atom stereocenters. The lowest BCUT2D eigenvalue weighted by Crippen LogP contribution is -2.45. The first-order valence-corrected chi connectivity index (χ1v) is 5.88. The van der Waals surface area contributed by atoms with Gasteiger partial charge in [0.1, 0.15) is 5.41 Å². The third kappa shape index (κ3) is 2.19. The number of nitriles is 1. The third-order valence-electron chi connectivity index (χ3n) is 3.77. The minimum Gasteiger partial charge on any atom is -0.381 e. The highest BCUT2D eigenvalue weighted by atomic mass is 16.5. The van der Waals surface area contributed by atoms with Gasteiger partial charge in [0, 0.05) is 19.8 Å². The number of hydrogen-bond donors (Lipinski definition) is 1. The second kappa shape index (κ2) is 4.06. The zero-order valence-electron chi connectivity index (χ0n) is 9.71. The van der Waals surface area contributed by atoms with Crippen molar-refractivity contribution in [1.29, 1.82) is 5.26 Å². The van der Waals surface area contributed by atoms with Gasteiger partial charge in [0.25, 0.3) is 0 Å². The SMILES string of the molecule is CC1(CNC(=O)C2(C#N)CCOCC2)CC1. The number of rotatable bonds is 3. The smallest absolute Gasteiger partial charge is 0.240 e. The largest absolute Gasteiger partial charge is 0.381 e. The van der Waals surface area contributed by atoms with E-state index in [-0.39, 0.29) is 11.3 Å². The molecular weight excluding hydrogens is 204 g/mol. The highest BCUT2D eigenvalue weighted by Crippen LogP contribution is 2.44. The molecule has 0 aromatic carbocycles. The van der Waals surface area contributed by atoms with E-state index >= 15 is 0 Å². The van der Waals surface area contributed by atoms with E-state index in [4.69, 9.17) is 4.74 Å². The monoisotopic (exact) mass is 222 g/mol. The summed E-state index contributed by atoms with van der Waals surface area (Å²) in [6.45, 7) is 3.89. The van der Waals surface area contributed by atoms with Crippen LogP contribution >= 0.6 is 0 Å². The van der Waals surface area contributed by atoms with Crippen molar-refractivity contribution in [2.45, 2.75) is 32.6 Å². The molecule has 1 aliphatic carbocycles. The Morgan fingerprint density at radius 1 is 1.38 bits per heavy atom. The van der Waals surface area contributed by atoms with Gasteiger partial charge < -0.3 is 10.1 Å². The zero-order valence-corrected chi connectivity index (χ0v) is 9.71. The topological polar surface area (TPSA) is 62.1 Å². The Morgan fingerprint density at radius 2 is 2.00 bits per heavy atom. The lowest BCUT2D eigenvalue weighted by molar-refractivity contribution is -0.132. The summed E-state index contributed by atoms with van der Waals surface area (Å²) in [5.74, 6) is -0.105. The maximum absolute atomic E-state index is 12.0. The molecule has 2 aliphatic rings. The summed E-state index contributed by atoms with van der Waals surface area (Å²) in [6.07, 6.45) is 3.39. The molecule has 0 radical (unpaired) electrons. The van der Waals surface area contributed by atoms with Gasteiger partial charge in [0.15, 0.2) is 0 Å². The number of hydrogen-bond acceptors (Lipinski definition) is 3. The van der Waals surface area contributed by atoms with Crippen molar-refractivity contribution < 1.29 is 9.53 Å². The van der Waals surface area contributed by atoms with Gasteiger partial charge in [-0.25, -0.2) is 0 Å². The van der Waals surface area contributed by atoms with Crippen LogP contribution in [0.2, 0.25) is 0 Å². The number of amides is 1. The van der Waals surface area contributed by atoms with E-state index in [0.29, 0.717) is 32.6 Å². The van der Waals surface area contributed by atoms with Crippen LogP contribution < -0.4 is 5.32 Å². The van der Waals surface area contributed by atoms with Crippen LogP contribution in [-0.4, -0.2) is 25.7 Å². The number of nitrogens with one attached hydrogen (secondary N) is 1. The quantitative estimate of drug-likeness (QED) is 0.781. The van der Waals surface area contributed by atoms with Crippen LogP contribution in [-0.2, 0) is 9.53 Å². The summed E-state index contributed by atoms with van der Waals surface area (Å²) in [5, 5.41) is 12.1. The minimum atomic E-state index is -0.844. The van der Waals surface area contributed by atoms with E-state index in [2.05, 4.69) is 18.3 Å². The Kier molecular flexibility index (Phi) is 2.90. The van der Waals surface area contributed by atoms with Gasteiger partial charge in [-0.2, -0.15) is 5.26 Å². The van der Waals surface area contributed by atoms with E-state index in [1.165, 1.54) is 12.8 Å². The Bertz CT molecular complexity index is 322. The summed E-state index contributed by atoms with van der Waals surface area (Å²) in [4.78, 5) is 12.0. The molecule has 2 rings (SSSR count). The van der Waals surface area contributed by atoms with E-state index in [0.717, 1.165) is 0 Å². The molecule has 1 aliphatic heterocycles. The average molecular weight is 222 g/mol. The Labute approximate surface area is 96.0 Å². The van der Waals surface area contributed by atoms with Crippen molar-refractivity contribution in [1.82, 2.24) is 5.32 Å². The van der Waals surface area contributed by atoms with Crippen molar-refractivity contribution in [2.75, 3.05) is 19.8 Å². The van der Waals surface area contributed by atoms with E-state index < -0.39 is 5.41 Å². The summed E-state index contributed by atoms with van der Waals surface area (Å²) in [7, 11) is 0. The zero-order chi connectivity index (χ0) is 11.6. The van der Waals surface area contributed by atoms with Crippen molar-refractivity contribution in [3.05, 3.63) is 0 Å². The number of ether oxygens (including phenoxy) is 1. The molecule has 16 heavy (non-hydrogen) atoms. The molecule has 0 bridgehead atoms. The molecule has 88 valence electrons. The molecule has 0 aromatic heterocycles. The van der Waals surface area contributed by atoms with Crippen LogP contribution in [0, 0.1) is 22.2 Å². The highest BCUT2D eigenvalue weighted by Gasteiger charge is 2.43. The Balaban J connectivity index is 1.92. The van der Waals surface area contributed by atoms with Gasteiger partial charge in [-0.1, -0.05) is 6.92 Å². The van der Waals surface area contributed by atoms with Crippen molar-refractivity contribution in [3.8, 4) is 6.07 Å². The standard InChI is InChI=1S/C12H18N2O2/c1-11(2-3-11)9-14-10(15)12(8-13)4-6-16-7-5-12/h2-7,9H2,1H3,(H,14,15). The molecule has 2 fully saturated rings. The van der Waals surface area contributed by atoms with Gasteiger partial charge in [-0.3, -0.25) is 4.79 Å². The molecule has 4 heteroatoms. The Hall–Kier alpha value is -1.08. The second-order valence-corrected chi connectivity index (χ2v) is 5.30. The first-order chi connectivity index (χ1) is 7.60. The molecule has 1 amide bonds. The highest BCUT2D eigenvalue weighted by molar-refractivity contribution is 5.85. The van der Waals surface area contributed by atoms with Crippen LogP contribution in [0.5, 0.6) is 0 Å². The summed E-state index contributed by atoms with van der Waals surface area (Å²) in [6, 6.07) is 2.18. The number of carbonyl (C=O) groups excluding carboxylic acids is 1. The van der Waals surface area contributed by atoms with Crippen LogP contribution in [0.4, 0.5) is 0 Å². The summed E-state index contributed by atoms with van der Waals surface area (Å²) >= 11 is 0. The van der Waals surface area contributed by atoms with Crippen molar-refractivity contribution >= 4 is 5.91 Å². The average Bonchev–Trinajstić information content (AvgIpc) is 3.06. The molecule has 1 saturated heterocycles. The fourth-order valence-electron chi connectivity index (χ4n) is 1.96.